The number of hydrogen-bond donors (Lipinski definition) is 1. The largest absolute Gasteiger partial charge is 0.354 e. The molecule has 0 aliphatic carbocycles. The van der Waals surface area contributed by atoms with Crippen molar-refractivity contribution in [2.75, 3.05) is 23.7 Å². The van der Waals surface area contributed by atoms with Crippen LogP contribution >= 0.6 is 11.8 Å². The Morgan fingerprint density at radius 2 is 2.10 bits per heavy atom. The zero-order valence-electron chi connectivity index (χ0n) is 13.0. The number of nitrogens with one attached hydrogen (secondary N) is 1. The molecule has 0 unspecified atom stereocenters. The molecule has 2 rings (SSSR count). The third kappa shape index (κ3) is 4.63. The summed E-state index contributed by atoms with van der Waals surface area (Å²) in [5, 5.41) is 12.1. The van der Waals surface area contributed by atoms with Crippen LogP contribution in [-0.2, 0) is 6.54 Å². The minimum Gasteiger partial charge on any atom is -0.354 e. The molecule has 1 aliphatic rings. The van der Waals surface area contributed by atoms with Gasteiger partial charge in [-0.05, 0) is 18.6 Å². The standard InChI is InChI=1S/C15H26N4S/c1-12(2)16-11-13-5-6-14(18-17-13)19-8-7-15(3,4)20-10-9-19/h5-6,12,16H,7-11H2,1-4H3. The third-order valence-electron chi connectivity index (χ3n) is 3.56. The Morgan fingerprint density at radius 3 is 2.75 bits per heavy atom. The lowest BCUT2D eigenvalue weighted by Crippen LogP contribution is -2.28. The van der Waals surface area contributed by atoms with Gasteiger partial charge in [0.1, 0.15) is 0 Å². The van der Waals surface area contributed by atoms with Gasteiger partial charge in [-0.3, -0.25) is 0 Å². The lowest BCUT2D eigenvalue weighted by molar-refractivity contribution is 0.576. The van der Waals surface area contributed by atoms with E-state index in [9.17, 15) is 0 Å². The Labute approximate surface area is 126 Å². The van der Waals surface area contributed by atoms with Crippen LogP contribution < -0.4 is 10.2 Å². The molecule has 1 aliphatic heterocycles. The van der Waals surface area contributed by atoms with Gasteiger partial charge in [-0.2, -0.15) is 16.9 Å². The number of hydrogen-bond acceptors (Lipinski definition) is 5. The maximum atomic E-state index is 4.40. The van der Waals surface area contributed by atoms with E-state index >= 15 is 0 Å². The van der Waals surface area contributed by atoms with Crippen LogP contribution in [-0.4, -0.2) is 39.8 Å². The molecule has 20 heavy (non-hydrogen) atoms. The molecular weight excluding hydrogens is 268 g/mol. The summed E-state index contributed by atoms with van der Waals surface area (Å²) in [6, 6.07) is 4.66. The second kappa shape index (κ2) is 6.76. The van der Waals surface area contributed by atoms with E-state index < -0.39 is 0 Å². The van der Waals surface area contributed by atoms with Gasteiger partial charge in [-0.15, -0.1) is 5.10 Å². The fraction of sp³-hybridized carbons (Fsp3) is 0.733. The molecule has 0 radical (unpaired) electrons. The van der Waals surface area contributed by atoms with Gasteiger partial charge in [0, 0.05) is 36.2 Å². The Kier molecular flexibility index (Phi) is 5.27. The van der Waals surface area contributed by atoms with E-state index in [-0.39, 0.29) is 0 Å². The van der Waals surface area contributed by atoms with Gasteiger partial charge in [0.25, 0.3) is 0 Å². The Bertz CT molecular complexity index is 416. The molecule has 1 saturated heterocycles. The summed E-state index contributed by atoms with van der Waals surface area (Å²) in [6.45, 7) is 11.8. The first kappa shape index (κ1) is 15.6. The van der Waals surface area contributed by atoms with Crippen molar-refractivity contribution in [1.82, 2.24) is 15.5 Å². The number of nitrogens with zero attached hydrogens (tertiary/aromatic N) is 3. The Morgan fingerprint density at radius 1 is 1.30 bits per heavy atom. The number of anilines is 1. The van der Waals surface area contributed by atoms with Crippen molar-refractivity contribution in [1.29, 1.82) is 0 Å². The zero-order valence-corrected chi connectivity index (χ0v) is 13.8. The number of rotatable bonds is 4. The van der Waals surface area contributed by atoms with Crippen LogP contribution in [0.25, 0.3) is 0 Å². The van der Waals surface area contributed by atoms with Crippen LogP contribution in [0.5, 0.6) is 0 Å². The highest BCUT2D eigenvalue weighted by atomic mass is 32.2. The van der Waals surface area contributed by atoms with E-state index in [1.54, 1.807) is 0 Å². The molecule has 1 fully saturated rings. The molecule has 0 amide bonds. The van der Waals surface area contributed by atoms with E-state index in [1.807, 2.05) is 0 Å². The summed E-state index contributed by atoms with van der Waals surface area (Å²) in [5.41, 5.74) is 1.01. The highest BCUT2D eigenvalue weighted by Crippen LogP contribution is 2.31. The average molecular weight is 294 g/mol. The summed E-state index contributed by atoms with van der Waals surface area (Å²) in [6.07, 6.45) is 1.19. The molecule has 4 nitrogen and oxygen atoms in total. The first-order valence-corrected chi connectivity index (χ1v) is 8.40. The van der Waals surface area contributed by atoms with Crippen LogP contribution in [0.1, 0.15) is 39.8 Å². The topological polar surface area (TPSA) is 41.0 Å². The molecular formula is C15H26N4S. The zero-order chi connectivity index (χ0) is 14.6. The van der Waals surface area contributed by atoms with Gasteiger partial charge in [0.05, 0.1) is 5.69 Å². The average Bonchev–Trinajstić information content (AvgIpc) is 2.58. The quantitative estimate of drug-likeness (QED) is 0.924. The molecule has 5 heteroatoms. The lowest BCUT2D eigenvalue weighted by Gasteiger charge is -2.23. The number of thioether (sulfide) groups is 1. The van der Waals surface area contributed by atoms with Crippen molar-refractivity contribution in [3.05, 3.63) is 17.8 Å². The second-order valence-corrected chi connectivity index (χ2v) is 8.07. The van der Waals surface area contributed by atoms with E-state index in [0.717, 1.165) is 36.9 Å². The van der Waals surface area contributed by atoms with E-state index in [1.165, 1.54) is 6.42 Å². The smallest absolute Gasteiger partial charge is 0.151 e. The summed E-state index contributed by atoms with van der Waals surface area (Å²) in [4.78, 5) is 2.36. The first-order valence-electron chi connectivity index (χ1n) is 7.41. The van der Waals surface area contributed by atoms with E-state index in [0.29, 0.717) is 10.8 Å². The fourth-order valence-corrected chi connectivity index (χ4v) is 3.27. The first-order chi connectivity index (χ1) is 9.46. The predicted octanol–water partition coefficient (Wildman–Crippen LogP) is 2.70. The van der Waals surface area contributed by atoms with Gasteiger partial charge in [-0.25, -0.2) is 0 Å². The maximum Gasteiger partial charge on any atom is 0.151 e. The summed E-state index contributed by atoms with van der Waals surface area (Å²) < 4.78 is 0.378. The van der Waals surface area contributed by atoms with Crippen molar-refractivity contribution in [3.8, 4) is 0 Å². The molecule has 0 aromatic carbocycles. The van der Waals surface area contributed by atoms with Gasteiger partial charge >= 0.3 is 0 Å². The molecule has 1 aromatic rings. The van der Waals surface area contributed by atoms with Crippen LogP contribution in [0.3, 0.4) is 0 Å². The molecule has 2 heterocycles. The van der Waals surface area contributed by atoms with Crippen LogP contribution in [0, 0.1) is 0 Å². The highest BCUT2D eigenvalue weighted by Gasteiger charge is 2.24. The predicted molar refractivity (Wildman–Crippen MR) is 87.4 cm³/mol. The van der Waals surface area contributed by atoms with Gasteiger partial charge < -0.3 is 10.2 Å². The molecule has 0 spiro atoms. The normalized spacial score (nSPS) is 19.1. The van der Waals surface area contributed by atoms with Crippen LogP contribution in [0.4, 0.5) is 5.82 Å². The van der Waals surface area contributed by atoms with Gasteiger partial charge in [0.2, 0.25) is 0 Å². The highest BCUT2D eigenvalue weighted by molar-refractivity contribution is 8.00. The Balaban J connectivity index is 1.95. The van der Waals surface area contributed by atoms with Crippen molar-refractivity contribution in [3.63, 3.8) is 0 Å². The summed E-state index contributed by atoms with van der Waals surface area (Å²) in [5.74, 6) is 2.17. The molecule has 1 aromatic heterocycles. The van der Waals surface area contributed by atoms with E-state index in [4.69, 9.17) is 0 Å². The molecule has 0 atom stereocenters. The molecule has 1 N–H and O–H groups in total. The van der Waals surface area contributed by atoms with Crippen molar-refractivity contribution in [2.24, 2.45) is 0 Å². The van der Waals surface area contributed by atoms with E-state index in [2.05, 4.69) is 72.0 Å². The van der Waals surface area contributed by atoms with Crippen molar-refractivity contribution >= 4 is 17.6 Å². The minimum absolute atomic E-state index is 0.378. The van der Waals surface area contributed by atoms with Gasteiger partial charge in [-0.1, -0.05) is 27.7 Å². The molecule has 0 saturated carbocycles. The second-order valence-electron chi connectivity index (χ2n) is 6.26. The van der Waals surface area contributed by atoms with Gasteiger partial charge in [0.15, 0.2) is 5.82 Å². The summed E-state index contributed by atoms with van der Waals surface area (Å²) in [7, 11) is 0. The van der Waals surface area contributed by atoms with Crippen molar-refractivity contribution in [2.45, 2.75) is 51.4 Å². The maximum absolute atomic E-state index is 4.40. The molecule has 112 valence electrons. The monoisotopic (exact) mass is 294 g/mol. The van der Waals surface area contributed by atoms with Crippen molar-refractivity contribution < 1.29 is 0 Å². The lowest BCUT2D eigenvalue weighted by atomic mass is 10.1. The SMILES string of the molecule is CC(C)NCc1ccc(N2CCSC(C)(C)CC2)nn1. The summed E-state index contributed by atoms with van der Waals surface area (Å²) >= 11 is 2.05. The fourth-order valence-electron chi connectivity index (χ4n) is 2.17. The molecule has 0 bridgehead atoms. The van der Waals surface area contributed by atoms with Crippen LogP contribution in [0.15, 0.2) is 12.1 Å². The Hall–Kier alpha value is -0.810. The number of aromatic nitrogens is 2. The third-order valence-corrected chi connectivity index (χ3v) is 4.93. The van der Waals surface area contributed by atoms with Crippen LogP contribution in [0.2, 0.25) is 0 Å². The minimum atomic E-state index is 0.378.